The Bertz CT molecular complexity index is 6000. The Hall–Kier alpha value is -6.45. The highest BCUT2D eigenvalue weighted by atomic mass is 32.5. The van der Waals surface area contributed by atoms with Crippen molar-refractivity contribution in [2.45, 2.75) is 191 Å². The first-order valence-corrected chi connectivity index (χ1v) is 51.3. The third-order valence-electron chi connectivity index (χ3n) is 21.3. The van der Waals surface area contributed by atoms with E-state index in [1.165, 1.54) is 76.1 Å². The van der Waals surface area contributed by atoms with E-state index in [2.05, 4.69) is 49.8 Å². The SMILES string of the molecule is CC[C@H]1O[C@@H](n2cc(C)c(N)nc2=O)C[C@H]1OP(O)(=S)OC[C@H]1O[C@@H](n2cc(C)c(N)nc2=O)C[C@H]1OP(O)(=S)OC[C@H]1O[C@@H](n2cnc3c(N)ncnc32)C[C@H]1OP(O)(=S)OC[C@H]1O[C@@H](n2cnc3c(=O)[nH]c(N)nc32)C[C@H]1OP(O)(=S)OC[C@H]1O[C@@H](n2cc(C)c(N)nc2=O)C[C@H]1OP(O)(=S)OC[C@H]1O[C@@H](n2cc(C)c(=O)[nH]c2=O)C(OCCOC)[C@H]1C. The molecule has 6 fully saturated rings. The number of H-pyrrole nitrogens is 2. The molecule has 17 N–H and O–H groups in total. The van der Waals surface area contributed by atoms with E-state index in [0.717, 1.165) is 9.13 Å². The van der Waals surface area contributed by atoms with Gasteiger partial charge in [-0.05, 0) is 93.2 Å². The first kappa shape index (κ1) is 94.7. The van der Waals surface area contributed by atoms with Gasteiger partial charge in [-0.25, -0.2) is 39.1 Å². The van der Waals surface area contributed by atoms with Crippen molar-refractivity contribution in [2.75, 3.05) is 82.0 Å². The summed E-state index contributed by atoms with van der Waals surface area (Å²) in [6.45, 7) is -15.5. The third-order valence-corrected chi connectivity index (χ3v) is 29.2. The lowest BCUT2D eigenvalue weighted by atomic mass is 10.0. The number of nitrogen functional groups attached to an aromatic ring is 5. The molecule has 6 unspecified atom stereocenters. The largest absolute Gasteiger partial charge is 0.383 e. The second-order valence-corrected chi connectivity index (χ2v) is 43.8. The fourth-order valence-corrected chi connectivity index (χ4v) is 22.2. The first-order valence-electron chi connectivity index (χ1n) is 38.4. The summed E-state index contributed by atoms with van der Waals surface area (Å²) in [6, 6.07) is 0. The topological polar surface area (TPSA) is 664 Å². The van der Waals surface area contributed by atoms with E-state index in [0.29, 0.717) is 23.1 Å². The Kier molecular flexibility index (Phi) is 29.2. The zero-order valence-electron chi connectivity index (χ0n) is 67.2. The normalized spacial score (nSPS) is 29.5. The second kappa shape index (κ2) is 38.5. The number of nitrogens with one attached hydrogen (secondary N) is 2. The van der Waals surface area contributed by atoms with E-state index in [-0.39, 0.29) is 102 Å². The Morgan fingerprint density at radius 3 is 1.22 bits per heavy atom. The van der Waals surface area contributed by atoms with Crippen LogP contribution in [0.15, 0.2) is 72.5 Å². The van der Waals surface area contributed by atoms with E-state index in [1.807, 2.05) is 0 Å². The number of aromatic nitrogens is 16. The summed E-state index contributed by atoms with van der Waals surface area (Å²) in [7, 11) is 1.48. The van der Waals surface area contributed by atoms with Gasteiger partial charge in [0.05, 0.1) is 102 Å². The quantitative estimate of drug-likeness (QED) is 0.0192. The predicted molar refractivity (Wildman–Crippen MR) is 456 cm³/mol. The standard InChI is InChI=1S/C65H90N21O29P5S5/c1-8-33-34(11-44(105-33)81-16-28(2)52(66)75-62(81)89)111-117(94,122)101-21-40-36(13-46(106-40)83-18-30(4)54(68)77-64(83)91)113-118(95,123)103-23-42-37(14-47(108-42)85-26-73-49-55(69)71-25-72-56(49)85)114-120(97,125)104-24-43-38(15-48(109-43)86-27-74-50-57(86)78-61(70)79-59(50)88)115-119(96,124)102-22-41-35(12-45(107-41)82-17-29(3)53(67)76-63(82)90)112-116(93,121)100-20-39-32(6)51(99-10-9-98-7)60(110-39)84-19-31(5)58(87)80-65(84)92/h16-19,25-27,32-48,51,60H,8-15,20-24H2,1-7H3,(H,93,121)(H,94,122)(H,95,123)(H,96,124)(H,97,125)(H2,66,75,89)(H2,67,76,90)(H2,68,77,91)(H2,69,71,72)(H,80,87,92)(H3,70,78,79,88)/t32-,33+,34+,35+,36+,37+,38+,39+,40+,41+,42+,43+,44+,45+,46+,47+,48+,51?,60+,116?,117?,118?,119?,120?/m0/s1. The summed E-state index contributed by atoms with van der Waals surface area (Å²) in [5.74, 6) is -0.907. The van der Waals surface area contributed by atoms with Gasteiger partial charge in [-0.2, -0.15) is 19.9 Å². The number of nitrogens with zero attached hydrogens (tertiary/aromatic N) is 14. The second-order valence-electron chi connectivity index (χ2n) is 29.9. The van der Waals surface area contributed by atoms with Crippen molar-refractivity contribution in [3.8, 4) is 0 Å². The minimum absolute atomic E-state index is 0.0195. The molecule has 8 aromatic rings. The molecule has 0 bridgehead atoms. The molecule has 0 aliphatic carbocycles. The molecule has 6 aliphatic heterocycles. The van der Waals surface area contributed by atoms with Gasteiger partial charge < -0.3 is 136 Å². The summed E-state index contributed by atoms with van der Waals surface area (Å²) >= 11 is 28.2. The summed E-state index contributed by atoms with van der Waals surface area (Å²) in [6.07, 6.45) is -12.0. The average Bonchev–Trinajstić information content (AvgIpc) is 1.68. The molecule has 0 aromatic carbocycles. The summed E-state index contributed by atoms with van der Waals surface area (Å²) < 4.78 is 118. The van der Waals surface area contributed by atoms with Crippen LogP contribution >= 0.6 is 33.6 Å². The maximum atomic E-state index is 13.5. The van der Waals surface area contributed by atoms with E-state index in [1.54, 1.807) is 34.6 Å². The van der Waals surface area contributed by atoms with Crippen LogP contribution in [0.4, 0.5) is 29.2 Å². The molecule has 0 amide bonds. The van der Waals surface area contributed by atoms with Crippen molar-refractivity contribution in [3.63, 3.8) is 0 Å². The minimum Gasteiger partial charge on any atom is -0.383 e. The molecule has 14 heterocycles. The molecule has 684 valence electrons. The molecule has 60 heteroatoms. The molecule has 0 radical (unpaired) electrons. The van der Waals surface area contributed by atoms with Crippen molar-refractivity contribution in [3.05, 3.63) is 129 Å². The third kappa shape index (κ3) is 21.9. The van der Waals surface area contributed by atoms with Crippen LogP contribution in [0.2, 0.25) is 0 Å². The Morgan fingerprint density at radius 2 is 0.808 bits per heavy atom. The lowest BCUT2D eigenvalue weighted by Gasteiger charge is -2.28. The monoisotopic (exact) mass is 1940 g/mol. The number of fused-ring (bicyclic) bond motifs is 2. The Balaban J connectivity index is 0.676. The molecule has 0 saturated carbocycles. The van der Waals surface area contributed by atoms with E-state index in [9.17, 15) is 53.2 Å². The van der Waals surface area contributed by atoms with Gasteiger partial charge in [-0.15, -0.1) is 0 Å². The first-order chi connectivity index (χ1) is 59.0. The zero-order chi connectivity index (χ0) is 89.8. The van der Waals surface area contributed by atoms with Gasteiger partial charge >= 0.3 is 56.4 Å². The number of nitrogens with two attached hydrogens (primary N) is 5. The van der Waals surface area contributed by atoms with Crippen LogP contribution < -0.4 is 62.5 Å². The van der Waals surface area contributed by atoms with Crippen LogP contribution in [0.25, 0.3) is 22.3 Å². The molecule has 14 rings (SSSR count). The van der Waals surface area contributed by atoms with Gasteiger partial charge in [0.15, 0.2) is 28.9 Å². The molecule has 0 spiro atoms. The molecular weight excluding hydrogens is 1850 g/mol. The van der Waals surface area contributed by atoms with Gasteiger partial charge in [-0.3, -0.25) is 47.0 Å². The van der Waals surface area contributed by atoms with Gasteiger partial charge in [0, 0.05) is 92.2 Å². The van der Waals surface area contributed by atoms with Crippen LogP contribution in [0, 0.1) is 33.6 Å². The minimum atomic E-state index is -4.64. The molecule has 50 nitrogen and oxygen atoms in total. The van der Waals surface area contributed by atoms with Crippen molar-refractivity contribution in [1.29, 1.82) is 0 Å². The maximum Gasteiger partial charge on any atom is 0.351 e. The Labute approximate surface area is 732 Å². The fraction of sp³-hybridized carbons (Fsp3) is 0.600. The van der Waals surface area contributed by atoms with Crippen LogP contribution in [-0.2, 0) is 142 Å². The molecule has 125 heavy (non-hydrogen) atoms. The summed E-state index contributed by atoms with van der Waals surface area (Å²) in [5, 5.41) is 0. The lowest BCUT2D eigenvalue weighted by Crippen LogP contribution is -2.38. The molecular formula is C65H90N21O29P5S5. The van der Waals surface area contributed by atoms with Gasteiger partial charge in [0.1, 0.15) is 91.0 Å². The molecule has 24 atom stereocenters. The van der Waals surface area contributed by atoms with Crippen molar-refractivity contribution in [1.82, 2.24) is 77.2 Å². The van der Waals surface area contributed by atoms with E-state index in [4.69, 9.17) is 171 Å². The van der Waals surface area contributed by atoms with Crippen LogP contribution in [-0.4, -0.2) is 228 Å². The number of hydrogen-bond acceptors (Lipinski definition) is 42. The van der Waals surface area contributed by atoms with Crippen LogP contribution in [0.5, 0.6) is 0 Å². The van der Waals surface area contributed by atoms with Gasteiger partial charge in [0.2, 0.25) is 5.95 Å². The summed E-state index contributed by atoms with van der Waals surface area (Å²) in [4.78, 5) is 176. The Morgan fingerprint density at radius 1 is 0.440 bits per heavy atom. The van der Waals surface area contributed by atoms with Gasteiger partial charge in [-0.1, -0.05) is 13.8 Å². The number of anilines is 5. The smallest absolute Gasteiger partial charge is 0.351 e. The molecule has 6 saturated heterocycles. The van der Waals surface area contributed by atoms with Crippen LogP contribution in [0.3, 0.4) is 0 Å². The van der Waals surface area contributed by atoms with Crippen LogP contribution in [0.1, 0.15) is 112 Å². The number of hydrogen-bond donors (Lipinski definition) is 12. The zero-order valence-corrected chi connectivity index (χ0v) is 75.7. The van der Waals surface area contributed by atoms with E-state index >= 15 is 0 Å². The molecule has 6 aliphatic rings. The van der Waals surface area contributed by atoms with E-state index < -0.39 is 217 Å². The van der Waals surface area contributed by atoms with Crippen molar-refractivity contribution >= 4 is 144 Å². The number of aryl methyl sites for hydroxylation is 4. The number of rotatable bonds is 36. The highest BCUT2D eigenvalue weighted by Crippen LogP contribution is 2.57. The van der Waals surface area contributed by atoms with Gasteiger partial charge in [0.25, 0.3) is 11.1 Å². The highest BCUT2D eigenvalue weighted by molar-refractivity contribution is 8.08. The average molecular weight is 1940 g/mol. The predicted octanol–water partition coefficient (Wildman–Crippen LogP) is 0.931. The molecule has 8 aromatic heterocycles. The number of methoxy groups -OCH3 is 1. The number of aromatic amines is 2. The highest BCUT2D eigenvalue weighted by Gasteiger charge is 2.51. The lowest BCUT2D eigenvalue weighted by molar-refractivity contribution is -0.0794. The summed E-state index contributed by atoms with van der Waals surface area (Å²) in [5.41, 5.74) is 27.3. The van der Waals surface area contributed by atoms with Crippen molar-refractivity contribution in [2.24, 2.45) is 5.92 Å². The number of imidazole rings is 2. The number of ether oxygens (including phenoxy) is 8. The van der Waals surface area contributed by atoms with Crippen molar-refractivity contribution < 1.29 is 108 Å². The maximum absolute atomic E-state index is 13.5. The fourth-order valence-electron chi connectivity index (χ4n) is 14.9.